The van der Waals surface area contributed by atoms with E-state index in [0.717, 1.165) is 0 Å². The first-order valence-corrected chi connectivity index (χ1v) is 6.97. The monoisotopic (exact) mass is 388 g/mol. The third-order valence-corrected chi connectivity index (χ3v) is 3.47. The van der Waals surface area contributed by atoms with Gasteiger partial charge in [0.1, 0.15) is 11.6 Å². The van der Waals surface area contributed by atoms with E-state index in [1.165, 1.54) is 30.3 Å². The molecule has 0 unspecified atom stereocenters. The first kappa shape index (κ1) is 14.3. The van der Waals surface area contributed by atoms with Crippen LogP contribution in [0.2, 0.25) is 0 Å². The fraction of sp³-hybridized carbons (Fsp3) is 0.0714. The number of Topliss-reactive ketones (excluding diaryl/α,β-unsaturated/α-hetero) is 1. The smallest absolute Gasteiger partial charge is 0.170 e. The summed E-state index contributed by atoms with van der Waals surface area (Å²) < 4.78 is 27.9. The molecule has 0 amide bonds. The fourth-order valence-electron chi connectivity index (χ4n) is 1.70. The molecular weight excluding hydrogens is 382 g/mol. The largest absolute Gasteiger partial charge is 0.294 e. The molecule has 19 heavy (non-hydrogen) atoms. The van der Waals surface area contributed by atoms with Gasteiger partial charge in [0.15, 0.2) is 5.78 Å². The molecule has 0 fully saturated rings. The van der Waals surface area contributed by atoms with E-state index in [1.807, 2.05) is 0 Å². The van der Waals surface area contributed by atoms with Crippen molar-refractivity contribution in [3.63, 3.8) is 0 Å². The molecule has 0 spiro atoms. The molecule has 2 aromatic carbocycles. The second-order valence-electron chi connectivity index (χ2n) is 4.00. The lowest BCUT2D eigenvalue weighted by molar-refractivity contribution is 0.0989. The Morgan fingerprint density at radius 1 is 1.00 bits per heavy atom. The van der Waals surface area contributed by atoms with E-state index in [9.17, 15) is 13.6 Å². The predicted octanol–water partition coefficient (Wildman–Crippen LogP) is 4.92. The molecule has 0 heterocycles. The van der Waals surface area contributed by atoms with Crippen molar-refractivity contribution in [3.05, 3.63) is 68.1 Å². The van der Waals surface area contributed by atoms with Crippen molar-refractivity contribution in [1.29, 1.82) is 0 Å². The van der Waals surface area contributed by atoms with Gasteiger partial charge < -0.3 is 0 Å². The van der Waals surface area contributed by atoms with Crippen molar-refractivity contribution >= 4 is 37.6 Å². The summed E-state index contributed by atoms with van der Waals surface area (Å²) in [7, 11) is 0. The Labute approximate surface area is 125 Å². The van der Waals surface area contributed by atoms with E-state index in [0.29, 0.717) is 14.5 Å². The zero-order chi connectivity index (χ0) is 14.0. The topological polar surface area (TPSA) is 17.1 Å². The molecule has 0 aromatic heterocycles. The molecule has 0 aliphatic heterocycles. The number of carbonyl (C=O) groups excluding carboxylic acids is 1. The van der Waals surface area contributed by atoms with Crippen molar-refractivity contribution in [2.75, 3.05) is 0 Å². The van der Waals surface area contributed by atoms with Crippen LogP contribution in [0.25, 0.3) is 0 Å². The minimum atomic E-state index is -0.580. The molecule has 0 saturated carbocycles. The van der Waals surface area contributed by atoms with Crippen LogP contribution in [0.5, 0.6) is 0 Å². The van der Waals surface area contributed by atoms with Gasteiger partial charge in [-0.05, 0) is 42.0 Å². The van der Waals surface area contributed by atoms with Gasteiger partial charge in [-0.25, -0.2) is 8.78 Å². The molecular formula is C14H8Br2F2O. The van der Waals surface area contributed by atoms with Gasteiger partial charge in [0.25, 0.3) is 0 Å². The molecule has 0 atom stereocenters. The van der Waals surface area contributed by atoms with Gasteiger partial charge in [-0.2, -0.15) is 0 Å². The van der Waals surface area contributed by atoms with Crippen LogP contribution < -0.4 is 0 Å². The second kappa shape index (κ2) is 5.92. The summed E-state index contributed by atoms with van der Waals surface area (Å²) in [6.45, 7) is 0. The lowest BCUT2D eigenvalue weighted by Gasteiger charge is -2.05. The molecule has 1 nitrogen and oxygen atoms in total. The van der Waals surface area contributed by atoms with Crippen LogP contribution in [0.4, 0.5) is 8.78 Å². The van der Waals surface area contributed by atoms with Crippen LogP contribution in [0.3, 0.4) is 0 Å². The minimum Gasteiger partial charge on any atom is -0.294 e. The number of rotatable bonds is 3. The van der Waals surface area contributed by atoms with E-state index < -0.39 is 17.4 Å². The van der Waals surface area contributed by atoms with E-state index in [1.54, 1.807) is 6.07 Å². The third kappa shape index (κ3) is 3.70. The lowest BCUT2D eigenvalue weighted by Crippen LogP contribution is -2.06. The highest BCUT2D eigenvalue weighted by molar-refractivity contribution is 9.10. The Hall–Kier alpha value is -1.07. The van der Waals surface area contributed by atoms with E-state index in [2.05, 4.69) is 31.9 Å². The van der Waals surface area contributed by atoms with Crippen molar-refractivity contribution < 1.29 is 13.6 Å². The van der Waals surface area contributed by atoms with Gasteiger partial charge in [-0.1, -0.05) is 31.9 Å². The molecule has 2 aromatic rings. The van der Waals surface area contributed by atoms with Crippen molar-refractivity contribution in [2.24, 2.45) is 0 Å². The van der Waals surface area contributed by atoms with Gasteiger partial charge >= 0.3 is 0 Å². The summed E-state index contributed by atoms with van der Waals surface area (Å²) in [6, 6.07) is 8.36. The number of hydrogen-bond donors (Lipinski definition) is 0. The Balaban J connectivity index is 2.28. The summed E-state index contributed by atoms with van der Waals surface area (Å²) in [5.74, 6) is -1.41. The number of hydrogen-bond acceptors (Lipinski definition) is 1. The van der Waals surface area contributed by atoms with Crippen molar-refractivity contribution in [3.8, 4) is 0 Å². The fourth-order valence-corrected chi connectivity index (χ4v) is 2.58. The standard InChI is InChI=1S/C14H8Br2F2O/c15-9-1-2-13(18)12(7-9)14(19)5-8-3-10(16)6-11(17)4-8/h1-4,6-7H,5H2. The van der Waals surface area contributed by atoms with Crippen molar-refractivity contribution in [2.45, 2.75) is 6.42 Å². The maximum Gasteiger partial charge on any atom is 0.170 e. The molecule has 5 heteroatoms. The van der Waals surface area contributed by atoms with Crippen LogP contribution >= 0.6 is 31.9 Å². The molecule has 0 radical (unpaired) electrons. The normalized spacial score (nSPS) is 10.5. The van der Waals surface area contributed by atoms with E-state index in [-0.39, 0.29) is 12.0 Å². The first-order valence-electron chi connectivity index (χ1n) is 5.39. The summed E-state index contributed by atoms with van der Waals surface area (Å²) in [5.41, 5.74) is 0.492. The molecule has 0 saturated heterocycles. The highest BCUT2D eigenvalue weighted by Gasteiger charge is 2.13. The lowest BCUT2D eigenvalue weighted by atomic mass is 10.0. The summed E-state index contributed by atoms with van der Waals surface area (Å²) in [6.07, 6.45) is -0.0519. The van der Waals surface area contributed by atoms with Crippen molar-refractivity contribution in [1.82, 2.24) is 0 Å². The molecule has 0 aliphatic carbocycles. The summed E-state index contributed by atoms with van der Waals surface area (Å²) in [4.78, 5) is 12.0. The van der Waals surface area contributed by atoms with Crippen LogP contribution in [-0.4, -0.2) is 5.78 Å². The molecule has 0 aliphatic rings. The summed E-state index contributed by atoms with van der Waals surface area (Å²) >= 11 is 6.34. The highest BCUT2D eigenvalue weighted by atomic mass is 79.9. The van der Waals surface area contributed by atoms with Crippen LogP contribution in [-0.2, 0) is 6.42 Å². The number of carbonyl (C=O) groups is 1. The quantitative estimate of drug-likeness (QED) is 0.681. The van der Waals surface area contributed by atoms with Gasteiger partial charge in [0.2, 0.25) is 0 Å². The third-order valence-electron chi connectivity index (χ3n) is 2.52. The van der Waals surface area contributed by atoms with Gasteiger partial charge in [0.05, 0.1) is 5.56 Å². The maximum absolute atomic E-state index is 13.6. The Morgan fingerprint density at radius 2 is 1.74 bits per heavy atom. The summed E-state index contributed by atoms with van der Waals surface area (Å²) in [5, 5.41) is 0. The minimum absolute atomic E-state index is 0.00485. The van der Waals surface area contributed by atoms with E-state index >= 15 is 0 Å². The number of halogens is 4. The SMILES string of the molecule is O=C(Cc1cc(F)cc(Br)c1)c1cc(Br)ccc1F. The molecule has 2 rings (SSSR count). The maximum atomic E-state index is 13.6. The van der Waals surface area contributed by atoms with Gasteiger partial charge in [-0.15, -0.1) is 0 Å². The number of benzene rings is 2. The Bertz CT molecular complexity index is 621. The molecule has 0 N–H and O–H groups in total. The Morgan fingerprint density at radius 3 is 2.42 bits per heavy atom. The average Bonchev–Trinajstić information content (AvgIpc) is 2.30. The zero-order valence-corrected chi connectivity index (χ0v) is 12.8. The zero-order valence-electron chi connectivity index (χ0n) is 9.59. The molecule has 98 valence electrons. The molecule has 0 bridgehead atoms. The van der Waals surface area contributed by atoms with Gasteiger partial charge in [-0.3, -0.25) is 4.79 Å². The van der Waals surface area contributed by atoms with Gasteiger partial charge in [0, 0.05) is 15.4 Å². The van der Waals surface area contributed by atoms with E-state index in [4.69, 9.17) is 0 Å². The predicted molar refractivity (Wildman–Crippen MR) is 76.2 cm³/mol. The highest BCUT2D eigenvalue weighted by Crippen LogP contribution is 2.20. The average molecular weight is 390 g/mol. The second-order valence-corrected chi connectivity index (χ2v) is 5.83. The number of ketones is 1. The van der Waals surface area contributed by atoms with Crippen LogP contribution in [0.15, 0.2) is 45.3 Å². The van der Waals surface area contributed by atoms with Crippen LogP contribution in [0.1, 0.15) is 15.9 Å². The first-order chi connectivity index (χ1) is 8.95. The van der Waals surface area contributed by atoms with Crippen LogP contribution in [0, 0.1) is 11.6 Å². The Kier molecular flexibility index (Phi) is 4.47.